The Bertz CT molecular complexity index is 296. The van der Waals surface area contributed by atoms with Gasteiger partial charge in [-0.05, 0) is 19.8 Å². The van der Waals surface area contributed by atoms with Gasteiger partial charge in [-0.3, -0.25) is 0 Å². The van der Waals surface area contributed by atoms with Crippen LogP contribution in [0.1, 0.15) is 26.2 Å². The van der Waals surface area contributed by atoms with Crippen molar-refractivity contribution >= 4 is 12.0 Å². The highest BCUT2D eigenvalue weighted by atomic mass is 16.4. The third-order valence-electron chi connectivity index (χ3n) is 2.07. The highest BCUT2D eigenvalue weighted by molar-refractivity contribution is 5.82. The summed E-state index contributed by atoms with van der Waals surface area (Å²) in [6.45, 7) is 1.71. The van der Waals surface area contributed by atoms with Gasteiger partial charge in [0.05, 0.1) is 6.10 Å². The van der Waals surface area contributed by atoms with Crippen molar-refractivity contribution in [3.05, 3.63) is 0 Å². The summed E-state index contributed by atoms with van der Waals surface area (Å²) in [5.74, 6) is 1.20. The van der Waals surface area contributed by atoms with Crippen LogP contribution in [0.2, 0.25) is 0 Å². The fraction of sp³-hybridized carbons (Fsp3) is 0.636. The Morgan fingerprint density at radius 3 is 2.53 bits per heavy atom. The molecule has 0 aliphatic heterocycles. The van der Waals surface area contributed by atoms with E-state index in [1.807, 2.05) is 0 Å². The lowest BCUT2D eigenvalue weighted by Gasteiger charge is -2.17. The molecule has 17 heavy (non-hydrogen) atoms. The highest BCUT2D eigenvalue weighted by Crippen LogP contribution is 1.94. The Labute approximate surface area is 100 Å². The summed E-state index contributed by atoms with van der Waals surface area (Å²) < 4.78 is 0. The molecule has 0 fully saturated rings. The van der Waals surface area contributed by atoms with Crippen LogP contribution in [-0.2, 0) is 4.79 Å². The smallest absolute Gasteiger partial charge is 0.328 e. The van der Waals surface area contributed by atoms with Gasteiger partial charge in [0, 0.05) is 13.0 Å². The van der Waals surface area contributed by atoms with Crippen LogP contribution in [0, 0.1) is 12.3 Å². The van der Waals surface area contributed by atoms with E-state index in [0.717, 1.165) is 12.8 Å². The van der Waals surface area contributed by atoms with Crippen LogP contribution >= 0.6 is 0 Å². The Morgan fingerprint density at radius 1 is 1.41 bits per heavy atom. The second-order valence-electron chi connectivity index (χ2n) is 3.62. The molecule has 0 saturated carbocycles. The molecule has 0 rings (SSSR count). The summed E-state index contributed by atoms with van der Waals surface area (Å²) in [6.07, 6.45) is 6.08. The number of carboxylic acids is 1. The number of aliphatic carboxylic acids is 1. The maximum absolute atomic E-state index is 11.3. The van der Waals surface area contributed by atoms with Crippen LogP contribution in [0.4, 0.5) is 4.79 Å². The van der Waals surface area contributed by atoms with E-state index >= 15 is 0 Å². The zero-order chi connectivity index (χ0) is 13.3. The lowest BCUT2D eigenvalue weighted by Crippen LogP contribution is -2.51. The summed E-state index contributed by atoms with van der Waals surface area (Å²) in [7, 11) is 0. The minimum Gasteiger partial charge on any atom is -0.480 e. The van der Waals surface area contributed by atoms with E-state index in [0.29, 0.717) is 13.0 Å². The molecule has 0 spiro atoms. The van der Waals surface area contributed by atoms with E-state index < -0.39 is 24.1 Å². The number of unbranched alkanes of at least 4 members (excludes halogenated alkanes) is 2. The zero-order valence-corrected chi connectivity index (χ0v) is 9.77. The topological polar surface area (TPSA) is 98.7 Å². The first-order valence-corrected chi connectivity index (χ1v) is 5.37. The van der Waals surface area contributed by atoms with Gasteiger partial charge in [-0.2, -0.15) is 0 Å². The SMILES string of the molecule is C#CCCCCNC(=O)N[C@H](C(=O)O)[C@@H](C)O. The van der Waals surface area contributed by atoms with E-state index in [1.54, 1.807) is 0 Å². The van der Waals surface area contributed by atoms with Crippen molar-refractivity contribution in [1.29, 1.82) is 0 Å². The number of aliphatic hydroxyl groups is 1. The number of amides is 2. The molecule has 0 aromatic heterocycles. The number of hydrogen-bond donors (Lipinski definition) is 4. The van der Waals surface area contributed by atoms with Gasteiger partial charge in [-0.15, -0.1) is 12.3 Å². The predicted octanol–water partition coefficient (Wildman–Crippen LogP) is -0.0769. The standard InChI is InChI=1S/C11H18N2O4/c1-3-4-5-6-7-12-11(17)13-9(8(2)14)10(15)16/h1,8-9,14H,4-7H2,2H3,(H,15,16)(H2,12,13,17)/t8-,9+/m1/s1. The molecule has 6 heteroatoms. The number of hydrogen-bond acceptors (Lipinski definition) is 3. The van der Waals surface area contributed by atoms with Crippen molar-refractivity contribution in [2.45, 2.75) is 38.3 Å². The third-order valence-corrected chi connectivity index (χ3v) is 2.07. The quantitative estimate of drug-likeness (QED) is 0.371. The minimum atomic E-state index is -1.30. The van der Waals surface area contributed by atoms with E-state index in [1.165, 1.54) is 6.92 Å². The van der Waals surface area contributed by atoms with Gasteiger partial charge in [0.2, 0.25) is 0 Å². The van der Waals surface area contributed by atoms with Gasteiger partial charge in [-0.25, -0.2) is 9.59 Å². The molecule has 2 atom stereocenters. The molecule has 4 N–H and O–H groups in total. The second kappa shape index (κ2) is 8.42. The predicted molar refractivity (Wildman–Crippen MR) is 62.3 cm³/mol. The first-order chi connectivity index (χ1) is 7.99. The summed E-state index contributed by atoms with van der Waals surface area (Å²) in [4.78, 5) is 21.9. The Balaban J connectivity index is 3.84. The van der Waals surface area contributed by atoms with Crippen LogP contribution in [0.5, 0.6) is 0 Å². The molecule has 96 valence electrons. The summed E-state index contributed by atoms with van der Waals surface area (Å²) in [5.41, 5.74) is 0. The van der Waals surface area contributed by atoms with Gasteiger partial charge < -0.3 is 20.8 Å². The van der Waals surface area contributed by atoms with Gasteiger partial charge in [0.15, 0.2) is 6.04 Å². The molecule has 0 heterocycles. The maximum Gasteiger partial charge on any atom is 0.328 e. The largest absolute Gasteiger partial charge is 0.480 e. The Hall–Kier alpha value is -1.74. The molecule has 0 bridgehead atoms. The number of terminal acetylenes is 1. The lowest BCUT2D eigenvalue weighted by atomic mass is 10.2. The molecule has 0 aliphatic rings. The number of aliphatic hydroxyl groups excluding tert-OH is 1. The normalized spacial score (nSPS) is 13.2. The second-order valence-corrected chi connectivity index (χ2v) is 3.62. The molecular formula is C11H18N2O4. The van der Waals surface area contributed by atoms with Gasteiger partial charge in [-0.1, -0.05) is 0 Å². The average molecular weight is 242 g/mol. The third kappa shape index (κ3) is 7.19. The molecule has 0 unspecified atom stereocenters. The fourth-order valence-electron chi connectivity index (χ4n) is 1.13. The van der Waals surface area contributed by atoms with Crippen LogP contribution < -0.4 is 10.6 Å². The lowest BCUT2D eigenvalue weighted by molar-refractivity contribution is -0.141. The number of urea groups is 1. The van der Waals surface area contributed by atoms with E-state index in [9.17, 15) is 9.59 Å². The number of carbonyl (C=O) groups excluding carboxylic acids is 1. The minimum absolute atomic E-state index is 0.416. The van der Waals surface area contributed by atoms with Crippen LogP contribution in [-0.4, -0.2) is 40.9 Å². The van der Waals surface area contributed by atoms with Gasteiger partial charge >= 0.3 is 12.0 Å². The molecule has 0 aromatic rings. The molecule has 2 amide bonds. The number of nitrogens with one attached hydrogen (secondary N) is 2. The Kier molecular flexibility index (Phi) is 7.55. The van der Waals surface area contributed by atoms with Crippen LogP contribution in [0.15, 0.2) is 0 Å². The number of carbonyl (C=O) groups is 2. The highest BCUT2D eigenvalue weighted by Gasteiger charge is 2.24. The molecule has 0 radical (unpaired) electrons. The molecule has 0 aromatic carbocycles. The zero-order valence-electron chi connectivity index (χ0n) is 9.77. The van der Waals surface area contributed by atoms with Crippen molar-refractivity contribution in [1.82, 2.24) is 10.6 Å². The van der Waals surface area contributed by atoms with Gasteiger partial charge in [0.1, 0.15) is 0 Å². The summed E-state index contributed by atoms with van der Waals surface area (Å²) >= 11 is 0. The van der Waals surface area contributed by atoms with Gasteiger partial charge in [0.25, 0.3) is 0 Å². The monoisotopic (exact) mass is 242 g/mol. The van der Waals surface area contributed by atoms with Crippen LogP contribution in [0.3, 0.4) is 0 Å². The molecule has 6 nitrogen and oxygen atoms in total. The summed E-state index contributed by atoms with van der Waals surface area (Å²) in [5, 5.41) is 22.5. The maximum atomic E-state index is 11.3. The first kappa shape index (κ1) is 15.3. The Morgan fingerprint density at radius 2 is 2.06 bits per heavy atom. The fourth-order valence-corrected chi connectivity index (χ4v) is 1.13. The molecular weight excluding hydrogens is 224 g/mol. The van der Waals surface area contributed by atoms with Crippen molar-refractivity contribution in [2.24, 2.45) is 0 Å². The number of rotatable bonds is 7. The first-order valence-electron chi connectivity index (χ1n) is 5.37. The van der Waals surface area contributed by atoms with Crippen molar-refractivity contribution in [2.75, 3.05) is 6.54 Å². The summed E-state index contributed by atoms with van der Waals surface area (Å²) in [6, 6.07) is -1.92. The van der Waals surface area contributed by atoms with Crippen molar-refractivity contribution < 1.29 is 19.8 Å². The van der Waals surface area contributed by atoms with E-state index in [-0.39, 0.29) is 0 Å². The van der Waals surface area contributed by atoms with Crippen molar-refractivity contribution in [3.8, 4) is 12.3 Å². The number of carboxylic acid groups (broad SMARTS) is 1. The molecule has 0 saturated heterocycles. The molecule has 0 aliphatic carbocycles. The van der Waals surface area contributed by atoms with E-state index in [4.69, 9.17) is 16.6 Å². The van der Waals surface area contributed by atoms with E-state index in [2.05, 4.69) is 16.6 Å². The average Bonchev–Trinajstić information content (AvgIpc) is 2.24. The van der Waals surface area contributed by atoms with Crippen LogP contribution in [0.25, 0.3) is 0 Å². The van der Waals surface area contributed by atoms with Crippen molar-refractivity contribution in [3.63, 3.8) is 0 Å².